The standard InChI is InChI=1S/C11H18ClN3O2S2/c1-8-5-10(18-11(8)12)19(16,17)15-4-3-14(2)7-9(15)6-13/h5,9H,3-4,6-7,13H2,1-2H3. The van der Waals surface area contributed by atoms with Crippen molar-refractivity contribution < 1.29 is 8.42 Å². The molecule has 108 valence electrons. The molecule has 1 unspecified atom stereocenters. The summed E-state index contributed by atoms with van der Waals surface area (Å²) in [4.78, 5) is 2.09. The Morgan fingerprint density at radius 1 is 1.53 bits per heavy atom. The molecule has 0 radical (unpaired) electrons. The Morgan fingerprint density at radius 3 is 2.74 bits per heavy atom. The van der Waals surface area contributed by atoms with Gasteiger partial charge in [-0.15, -0.1) is 11.3 Å². The largest absolute Gasteiger partial charge is 0.329 e. The number of aryl methyl sites for hydroxylation is 1. The topological polar surface area (TPSA) is 66.6 Å². The molecule has 19 heavy (non-hydrogen) atoms. The molecule has 0 saturated carbocycles. The van der Waals surface area contributed by atoms with Gasteiger partial charge in [-0.2, -0.15) is 4.31 Å². The molecule has 0 aliphatic carbocycles. The quantitative estimate of drug-likeness (QED) is 0.900. The summed E-state index contributed by atoms with van der Waals surface area (Å²) < 4.78 is 27.6. The highest BCUT2D eigenvalue weighted by atomic mass is 35.5. The molecular weight excluding hydrogens is 306 g/mol. The van der Waals surface area contributed by atoms with Crippen LogP contribution in [0.15, 0.2) is 10.3 Å². The third kappa shape index (κ3) is 2.96. The Morgan fingerprint density at radius 2 is 2.21 bits per heavy atom. The minimum Gasteiger partial charge on any atom is -0.329 e. The van der Waals surface area contributed by atoms with E-state index in [9.17, 15) is 8.42 Å². The van der Waals surface area contributed by atoms with Crippen LogP contribution in [-0.4, -0.2) is 56.9 Å². The first-order valence-electron chi connectivity index (χ1n) is 6.02. The smallest absolute Gasteiger partial charge is 0.252 e. The zero-order valence-corrected chi connectivity index (χ0v) is 13.4. The number of likely N-dealkylation sites (N-methyl/N-ethyl adjacent to an activating group) is 1. The second-order valence-electron chi connectivity index (χ2n) is 4.79. The van der Waals surface area contributed by atoms with Crippen LogP contribution in [0.4, 0.5) is 0 Å². The SMILES string of the molecule is Cc1cc(S(=O)(=O)N2CCN(C)CC2CN)sc1Cl. The molecule has 1 saturated heterocycles. The second kappa shape index (κ2) is 5.67. The first-order chi connectivity index (χ1) is 8.86. The fourth-order valence-electron chi connectivity index (χ4n) is 2.18. The molecule has 1 aromatic rings. The first kappa shape index (κ1) is 15.2. The fraction of sp³-hybridized carbons (Fsp3) is 0.636. The molecule has 0 amide bonds. The number of piperazine rings is 1. The first-order valence-corrected chi connectivity index (χ1v) is 8.66. The molecule has 5 nitrogen and oxygen atoms in total. The lowest BCUT2D eigenvalue weighted by Crippen LogP contribution is -2.56. The second-order valence-corrected chi connectivity index (χ2v) is 8.56. The molecular formula is C11H18ClN3O2S2. The molecule has 1 aliphatic heterocycles. The third-order valence-corrected chi connectivity index (χ3v) is 7.26. The number of thiophene rings is 1. The monoisotopic (exact) mass is 323 g/mol. The van der Waals surface area contributed by atoms with Crippen LogP contribution in [0.5, 0.6) is 0 Å². The fourth-order valence-corrected chi connectivity index (χ4v) is 5.63. The molecule has 1 aromatic heterocycles. The van der Waals surface area contributed by atoms with E-state index in [-0.39, 0.29) is 6.04 Å². The summed E-state index contributed by atoms with van der Waals surface area (Å²) >= 11 is 7.08. The summed E-state index contributed by atoms with van der Waals surface area (Å²) in [5.41, 5.74) is 6.51. The van der Waals surface area contributed by atoms with Crippen LogP contribution in [0, 0.1) is 6.92 Å². The minimum absolute atomic E-state index is 0.176. The number of hydrogen-bond acceptors (Lipinski definition) is 5. The Hall–Kier alpha value is -0.180. The molecule has 2 heterocycles. The maximum Gasteiger partial charge on any atom is 0.252 e. The average molecular weight is 324 g/mol. The molecule has 1 atom stereocenters. The summed E-state index contributed by atoms with van der Waals surface area (Å²) in [5.74, 6) is 0. The number of nitrogens with two attached hydrogens (primary N) is 1. The van der Waals surface area contributed by atoms with Gasteiger partial charge < -0.3 is 10.6 Å². The van der Waals surface area contributed by atoms with Crippen molar-refractivity contribution in [2.75, 3.05) is 33.2 Å². The zero-order valence-electron chi connectivity index (χ0n) is 11.0. The van der Waals surface area contributed by atoms with Gasteiger partial charge in [0.05, 0.1) is 10.4 Å². The van der Waals surface area contributed by atoms with Crippen molar-refractivity contribution in [2.45, 2.75) is 17.2 Å². The van der Waals surface area contributed by atoms with E-state index in [2.05, 4.69) is 4.90 Å². The highest BCUT2D eigenvalue weighted by Crippen LogP contribution is 2.33. The van der Waals surface area contributed by atoms with Crippen molar-refractivity contribution in [3.05, 3.63) is 16.0 Å². The van der Waals surface area contributed by atoms with Crippen molar-refractivity contribution in [3.8, 4) is 0 Å². The van der Waals surface area contributed by atoms with E-state index in [1.165, 1.54) is 4.31 Å². The van der Waals surface area contributed by atoms with Crippen LogP contribution >= 0.6 is 22.9 Å². The van der Waals surface area contributed by atoms with Crippen LogP contribution in [-0.2, 0) is 10.0 Å². The van der Waals surface area contributed by atoms with Gasteiger partial charge in [0.2, 0.25) is 0 Å². The summed E-state index contributed by atoms with van der Waals surface area (Å²) in [7, 11) is -1.52. The molecule has 8 heteroatoms. The van der Waals surface area contributed by atoms with Gasteiger partial charge >= 0.3 is 0 Å². The van der Waals surface area contributed by atoms with E-state index in [1.54, 1.807) is 6.07 Å². The van der Waals surface area contributed by atoms with Crippen LogP contribution in [0.2, 0.25) is 4.34 Å². The predicted molar refractivity (Wildman–Crippen MR) is 78.3 cm³/mol. The summed E-state index contributed by atoms with van der Waals surface area (Å²) in [6, 6.07) is 1.46. The molecule has 2 rings (SSSR count). The zero-order chi connectivity index (χ0) is 14.2. The van der Waals surface area contributed by atoms with Crippen molar-refractivity contribution >= 4 is 33.0 Å². The normalized spacial score (nSPS) is 22.8. The van der Waals surface area contributed by atoms with Gasteiger partial charge in [0, 0.05) is 26.2 Å². The van der Waals surface area contributed by atoms with E-state index >= 15 is 0 Å². The number of nitrogens with zero attached hydrogens (tertiary/aromatic N) is 2. The van der Waals surface area contributed by atoms with Gasteiger partial charge in [0.1, 0.15) is 4.21 Å². The van der Waals surface area contributed by atoms with Crippen LogP contribution in [0.3, 0.4) is 0 Å². The van der Waals surface area contributed by atoms with Crippen LogP contribution < -0.4 is 5.73 Å². The van der Waals surface area contributed by atoms with E-state index < -0.39 is 10.0 Å². The molecule has 2 N–H and O–H groups in total. The van der Waals surface area contributed by atoms with Gasteiger partial charge in [-0.3, -0.25) is 0 Å². The molecule has 1 aliphatic rings. The van der Waals surface area contributed by atoms with E-state index in [4.69, 9.17) is 17.3 Å². The Bertz CT molecular complexity index is 539. The van der Waals surface area contributed by atoms with Crippen molar-refractivity contribution in [3.63, 3.8) is 0 Å². The molecule has 1 fully saturated rings. The summed E-state index contributed by atoms with van der Waals surface area (Å²) in [6.45, 7) is 3.97. The lowest BCUT2D eigenvalue weighted by molar-refractivity contribution is 0.164. The molecule has 0 bridgehead atoms. The molecule has 0 spiro atoms. The van der Waals surface area contributed by atoms with Crippen molar-refractivity contribution in [1.29, 1.82) is 0 Å². The van der Waals surface area contributed by atoms with Crippen LogP contribution in [0.25, 0.3) is 0 Å². The Kier molecular flexibility index (Phi) is 4.54. The van der Waals surface area contributed by atoms with E-state index in [1.807, 2.05) is 14.0 Å². The number of halogens is 1. The summed E-state index contributed by atoms with van der Waals surface area (Å²) in [5, 5.41) is 0. The van der Waals surface area contributed by atoms with E-state index in [0.717, 1.165) is 16.9 Å². The molecule has 0 aromatic carbocycles. The van der Waals surface area contributed by atoms with Crippen LogP contribution in [0.1, 0.15) is 5.56 Å². The summed E-state index contributed by atoms with van der Waals surface area (Å²) in [6.07, 6.45) is 0. The maximum atomic E-state index is 12.6. The maximum absolute atomic E-state index is 12.6. The van der Waals surface area contributed by atoms with Gasteiger partial charge in [-0.25, -0.2) is 8.42 Å². The van der Waals surface area contributed by atoms with E-state index in [0.29, 0.717) is 34.7 Å². The number of hydrogen-bond donors (Lipinski definition) is 1. The van der Waals surface area contributed by atoms with Gasteiger partial charge in [-0.05, 0) is 25.6 Å². The predicted octanol–water partition coefficient (Wildman–Crippen LogP) is 0.973. The van der Waals surface area contributed by atoms with Crippen molar-refractivity contribution in [1.82, 2.24) is 9.21 Å². The lowest BCUT2D eigenvalue weighted by atomic mass is 10.2. The lowest BCUT2D eigenvalue weighted by Gasteiger charge is -2.38. The van der Waals surface area contributed by atoms with Gasteiger partial charge in [0.15, 0.2) is 0 Å². The highest BCUT2D eigenvalue weighted by Gasteiger charge is 2.35. The van der Waals surface area contributed by atoms with Crippen molar-refractivity contribution in [2.24, 2.45) is 5.73 Å². The number of sulfonamides is 1. The number of rotatable bonds is 3. The Labute approximate surface area is 123 Å². The average Bonchev–Trinajstić information content (AvgIpc) is 2.70. The third-order valence-electron chi connectivity index (χ3n) is 3.30. The van der Waals surface area contributed by atoms with Gasteiger partial charge in [0.25, 0.3) is 10.0 Å². The minimum atomic E-state index is -3.49. The van der Waals surface area contributed by atoms with Gasteiger partial charge in [-0.1, -0.05) is 11.6 Å². The highest BCUT2D eigenvalue weighted by molar-refractivity contribution is 7.91. The Balaban J connectivity index is 2.33.